The van der Waals surface area contributed by atoms with Gasteiger partial charge < -0.3 is 48.8 Å². The highest BCUT2D eigenvalue weighted by molar-refractivity contribution is 4.75. The smallest absolute Gasteiger partial charge is 0.104 e. The number of epoxide rings is 3. The average molecular weight is 396 g/mol. The van der Waals surface area contributed by atoms with Crippen molar-refractivity contribution in [3.63, 3.8) is 0 Å². The summed E-state index contributed by atoms with van der Waals surface area (Å²) in [7, 11) is 0. The molecule has 0 radical (unpaired) electrons. The van der Waals surface area contributed by atoms with Crippen LogP contribution < -0.4 is 0 Å². The maximum absolute atomic E-state index is 8.50. The third kappa shape index (κ3) is 10.1. The fourth-order valence-electron chi connectivity index (χ4n) is 1.84. The van der Waals surface area contributed by atoms with Gasteiger partial charge in [0.1, 0.15) is 24.4 Å². The molecule has 0 amide bonds. The lowest BCUT2D eigenvalue weighted by molar-refractivity contribution is -0.0661. The molecule has 0 aromatic rings. The Labute approximate surface area is 158 Å². The van der Waals surface area contributed by atoms with E-state index in [1.54, 1.807) is 0 Å². The molecule has 3 fully saturated rings. The number of aliphatic hydroxyl groups excluding tert-OH is 4. The minimum atomic E-state index is -1.11. The van der Waals surface area contributed by atoms with Crippen LogP contribution in [-0.2, 0) is 28.4 Å². The summed E-state index contributed by atoms with van der Waals surface area (Å²) in [6.07, 6.45) is 0.814. The van der Waals surface area contributed by atoms with Crippen LogP contribution in [0, 0.1) is 5.41 Å². The van der Waals surface area contributed by atoms with Gasteiger partial charge in [-0.1, -0.05) is 0 Å². The normalized spacial score (nSPS) is 26.9. The largest absolute Gasteiger partial charge is 0.396 e. The zero-order valence-corrected chi connectivity index (χ0v) is 15.5. The molecule has 3 unspecified atom stereocenters. The third-order valence-electron chi connectivity index (χ3n) is 4.28. The van der Waals surface area contributed by atoms with E-state index in [9.17, 15) is 0 Å². The van der Waals surface area contributed by atoms with E-state index in [0.717, 1.165) is 19.8 Å². The predicted octanol–water partition coefficient (Wildman–Crippen LogP) is -2.46. The van der Waals surface area contributed by atoms with E-state index in [1.807, 2.05) is 0 Å². The molecule has 3 aliphatic rings. The van der Waals surface area contributed by atoms with Crippen molar-refractivity contribution in [3.05, 3.63) is 0 Å². The van der Waals surface area contributed by atoms with Crippen LogP contribution in [0.1, 0.15) is 0 Å². The Bertz CT molecular complexity index is 344. The van der Waals surface area contributed by atoms with Crippen molar-refractivity contribution in [3.8, 4) is 0 Å². The fourth-order valence-corrected chi connectivity index (χ4v) is 1.84. The maximum atomic E-state index is 8.50. The Hall–Kier alpha value is -0.400. The van der Waals surface area contributed by atoms with Crippen molar-refractivity contribution in [1.82, 2.24) is 0 Å². The van der Waals surface area contributed by atoms with Gasteiger partial charge in [-0.2, -0.15) is 0 Å². The molecule has 4 N–H and O–H groups in total. The minimum Gasteiger partial charge on any atom is -0.396 e. The van der Waals surface area contributed by atoms with E-state index in [-0.39, 0.29) is 24.4 Å². The second-order valence-electron chi connectivity index (χ2n) is 7.03. The topological polar surface area (TPSA) is 146 Å². The van der Waals surface area contributed by atoms with Crippen molar-refractivity contribution >= 4 is 0 Å². The summed E-state index contributed by atoms with van der Waals surface area (Å²) in [5, 5.41) is 34.0. The first-order valence-electron chi connectivity index (χ1n) is 9.20. The van der Waals surface area contributed by atoms with Gasteiger partial charge >= 0.3 is 0 Å². The second-order valence-corrected chi connectivity index (χ2v) is 7.03. The molecule has 10 nitrogen and oxygen atoms in total. The minimum absolute atomic E-state index is 0.0355. The van der Waals surface area contributed by atoms with E-state index in [0.29, 0.717) is 33.0 Å². The summed E-state index contributed by atoms with van der Waals surface area (Å²) in [5.41, 5.74) is -1.11. The summed E-state index contributed by atoms with van der Waals surface area (Å²) < 4.78 is 32.1. The second kappa shape index (κ2) is 12.2. The molecule has 0 spiro atoms. The van der Waals surface area contributed by atoms with Gasteiger partial charge in [0.05, 0.1) is 84.7 Å². The molecule has 160 valence electrons. The Morgan fingerprint density at radius 3 is 1.37 bits per heavy atom. The van der Waals surface area contributed by atoms with Crippen molar-refractivity contribution in [2.45, 2.75) is 24.4 Å². The van der Waals surface area contributed by atoms with Crippen molar-refractivity contribution in [1.29, 1.82) is 0 Å². The fraction of sp³-hybridized carbons (Fsp3) is 1.00. The van der Waals surface area contributed by atoms with E-state index >= 15 is 0 Å². The van der Waals surface area contributed by atoms with E-state index in [4.69, 9.17) is 48.8 Å². The molecule has 27 heavy (non-hydrogen) atoms. The molecular weight excluding hydrogens is 364 g/mol. The van der Waals surface area contributed by atoms with Crippen LogP contribution in [0.4, 0.5) is 0 Å². The van der Waals surface area contributed by atoms with Crippen LogP contribution >= 0.6 is 0 Å². The zero-order valence-electron chi connectivity index (χ0n) is 15.5. The SMILES string of the molecule is C(OCC1CO1)C(COCC1CO1)OCC1CO1.OCC(CO)(CO)CO. The number of aliphatic hydroxyl groups is 4. The van der Waals surface area contributed by atoms with Crippen LogP contribution in [0.15, 0.2) is 0 Å². The van der Waals surface area contributed by atoms with Crippen molar-refractivity contribution in [2.24, 2.45) is 5.41 Å². The number of hydrogen-bond donors (Lipinski definition) is 4. The molecule has 10 heteroatoms. The Balaban J connectivity index is 0.000000249. The van der Waals surface area contributed by atoms with E-state index in [2.05, 4.69) is 0 Å². The quantitative estimate of drug-likeness (QED) is 0.220. The Kier molecular flexibility index (Phi) is 10.4. The molecule has 3 aliphatic heterocycles. The molecule has 3 atom stereocenters. The highest BCUT2D eigenvalue weighted by Crippen LogP contribution is 2.13. The van der Waals surface area contributed by atoms with E-state index < -0.39 is 31.8 Å². The van der Waals surface area contributed by atoms with Crippen molar-refractivity contribution < 1.29 is 48.8 Å². The lowest BCUT2D eigenvalue weighted by Crippen LogP contribution is -2.37. The Morgan fingerprint density at radius 2 is 1.07 bits per heavy atom. The highest BCUT2D eigenvalue weighted by atomic mass is 16.6. The first-order valence-corrected chi connectivity index (χ1v) is 9.20. The summed E-state index contributed by atoms with van der Waals surface area (Å²) in [5.74, 6) is 0. The summed E-state index contributed by atoms with van der Waals surface area (Å²) in [4.78, 5) is 0. The van der Waals surface area contributed by atoms with Gasteiger partial charge in [0.15, 0.2) is 0 Å². The zero-order chi connectivity index (χ0) is 19.5. The van der Waals surface area contributed by atoms with Crippen LogP contribution in [0.5, 0.6) is 0 Å². The highest BCUT2D eigenvalue weighted by Gasteiger charge is 2.28. The average Bonchev–Trinajstić information content (AvgIpc) is 3.55. The molecule has 3 rings (SSSR count). The molecule has 3 saturated heterocycles. The van der Waals surface area contributed by atoms with Gasteiger partial charge in [-0.25, -0.2) is 0 Å². The standard InChI is InChI=1S/C12H20O6.C5H12O4/c1(13-3-10-5-16-10)9(15-7-12-8-18-12)2-14-4-11-6-17-11;6-1-5(2-7,3-8)4-9/h9-12H,1-8H2;6-9H,1-4H2. The number of ether oxygens (including phenoxy) is 6. The first kappa shape index (κ1) is 22.9. The molecule has 3 heterocycles. The molecule has 0 bridgehead atoms. The monoisotopic (exact) mass is 396 g/mol. The molecule has 0 aliphatic carbocycles. The van der Waals surface area contributed by atoms with Crippen LogP contribution in [0.3, 0.4) is 0 Å². The Morgan fingerprint density at radius 1 is 0.704 bits per heavy atom. The van der Waals surface area contributed by atoms with Crippen molar-refractivity contribution in [2.75, 3.05) is 79.3 Å². The van der Waals surface area contributed by atoms with Gasteiger partial charge in [-0.05, 0) is 0 Å². The number of rotatable bonds is 15. The molecule has 0 saturated carbocycles. The van der Waals surface area contributed by atoms with Crippen LogP contribution in [-0.4, -0.2) is 124 Å². The van der Waals surface area contributed by atoms with Crippen LogP contribution in [0.25, 0.3) is 0 Å². The van der Waals surface area contributed by atoms with Gasteiger partial charge in [-0.15, -0.1) is 0 Å². The lowest BCUT2D eigenvalue weighted by atomic mass is 9.93. The van der Waals surface area contributed by atoms with E-state index in [1.165, 1.54) is 0 Å². The molecule has 0 aromatic heterocycles. The summed E-state index contributed by atoms with van der Waals surface area (Å²) >= 11 is 0. The van der Waals surface area contributed by atoms with Crippen LogP contribution in [0.2, 0.25) is 0 Å². The molecule has 0 aromatic carbocycles. The summed E-state index contributed by atoms with van der Waals surface area (Å²) in [6, 6.07) is 0. The van der Waals surface area contributed by atoms with Gasteiger partial charge in [0.2, 0.25) is 0 Å². The van der Waals surface area contributed by atoms with Gasteiger partial charge in [-0.3, -0.25) is 0 Å². The van der Waals surface area contributed by atoms with Gasteiger partial charge in [0.25, 0.3) is 0 Å². The van der Waals surface area contributed by atoms with Gasteiger partial charge in [0, 0.05) is 0 Å². The third-order valence-corrected chi connectivity index (χ3v) is 4.28. The lowest BCUT2D eigenvalue weighted by Gasteiger charge is -2.23. The number of hydrogen-bond acceptors (Lipinski definition) is 10. The maximum Gasteiger partial charge on any atom is 0.104 e. The summed E-state index contributed by atoms with van der Waals surface area (Å²) in [6.45, 7) is 3.80. The molecular formula is C17H32O10. The first-order chi connectivity index (χ1) is 13.1. The predicted molar refractivity (Wildman–Crippen MR) is 91.4 cm³/mol.